The zero-order valence-corrected chi connectivity index (χ0v) is 16.5. The predicted molar refractivity (Wildman–Crippen MR) is 111 cm³/mol. The second-order valence-corrected chi connectivity index (χ2v) is 7.20. The Hall–Kier alpha value is -2.30. The second-order valence-electron chi connectivity index (χ2n) is 7.20. The molecule has 5 nitrogen and oxygen atoms in total. The van der Waals surface area contributed by atoms with Crippen LogP contribution in [-0.4, -0.2) is 36.1 Å². The Morgan fingerprint density at radius 2 is 1.73 bits per heavy atom. The monoisotopic (exact) mass is 353 g/mol. The van der Waals surface area contributed by atoms with Gasteiger partial charge in [0, 0.05) is 49.3 Å². The Morgan fingerprint density at radius 3 is 2.35 bits per heavy atom. The van der Waals surface area contributed by atoms with Gasteiger partial charge >= 0.3 is 0 Å². The van der Waals surface area contributed by atoms with Crippen molar-refractivity contribution < 1.29 is 0 Å². The van der Waals surface area contributed by atoms with E-state index in [-0.39, 0.29) is 0 Å². The zero-order valence-electron chi connectivity index (χ0n) is 16.5. The third-order valence-corrected chi connectivity index (χ3v) is 5.20. The fourth-order valence-electron chi connectivity index (χ4n) is 3.48. The van der Waals surface area contributed by atoms with Crippen LogP contribution in [0.15, 0.2) is 30.3 Å². The third-order valence-electron chi connectivity index (χ3n) is 5.20. The fraction of sp³-hybridized carbons (Fsp3) is 0.524. The minimum absolute atomic E-state index is 0.675. The molecule has 0 aliphatic carbocycles. The number of aryl methyl sites for hydroxylation is 1. The smallest absolute Gasteiger partial charge is 0.229 e. The van der Waals surface area contributed by atoms with Crippen molar-refractivity contribution in [2.24, 2.45) is 5.92 Å². The first-order valence-corrected chi connectivity index (χ1v) is 9.81. The number of hydrogen-bond donors (Lipinski definition) is 1. The molecule has 0 spiro atoms. The number of aromatic nitrogens is 2. The summed E-state index contributed by atoms with van der Waals surface area (Å²) in [6, 6.07) is 10.6. The van der Waals surface area contributed by atoms with E-state index >= 15 is 0 Å². The maximum Gasteiger partial charge on any atom is 0.229 e. The highest BCUT2D eigenvalue weighted by Gasteiger charge is 2.18. The molecule has 2 heterocycles. The molecule has 1 saturated heterocycles. The van der Waals surface area contributed by atoms with Crippen molar-refractivity contribution >= 4 is 23.1 Å². The maximum atomic E-state index is 4.76. The quantitative estimate of drug-likeness (QED) is 0.821. The minimum atomic E-state index is 0.675. The summed E-state index contributed by atoms with van der Waals surface area (Å²) >= 11 is 0. The van der Waals surface area contributed by atoms with Crippen LogP contribution in [0.4, 0.5) is 23.1 Å². The van der Waals surface area contributed by atoms with Gasteiger partial charge in [-0.1, -0.05) is 6.92 Å². The molecule has 1 N–H and O–H groups in total. The summed E-state index contributed by atoms with van der Waals surface area (Å²) in [4.78, 5) is 14.0. The number of benzene rings is 1. The van der Waals surface area contributed by atoms with Crippen LogP contribution in [-0.2, 0) is 0 Å². The lowest BCUT2D eigenvalue weighted by Gasteiger charge is -2.31. The molecule has 1 aromatic heterocycles. The van der Waals surface area contributed by atoms with E-state index in [1.165, 1.54) is 18.5 Å². The van der Waals surface area contributed by atoms with E-state index in [0.29, 0.717) is 5.95 Å². The highest BCUT2D eigenvalue weighted by Crippen LogP contribution is 2.24. The molecule has 0 atom stereocenters. The molecule has 140 valence electrons. The number of rotatable bonds is 6. The van der Waals surface area contributed by atoms with Crippen LogP contribution < -0.4 is 15.1 Å². The van der Waals surface area contributed by atoms with Gasteiger partial charge in [-0.2, -0.15) is 4.98 Å². The molecule has 1 aromatic carbocycles. The molecule has 1 aliphatic heterocycles. The maximum absolute atomic E-state index is 4.76. The second kappa shape index (κ2) is 8.39. The molecule has 2 aromatic rings. The van der Waals surface area contributed by atoms with Gasteiger partial charge in [0.25, 0.3) is 0 Å². The number of nitrogens with zero attached hydrogens (tertiary/aromatic N) is 4. The summed E-state index contributed by atoms with van der Waals surface area (Å²) in [5, 5.41) is 3.37. The molecule has 1 fully saturated rings. The lowest BCUT2D eigenvalue weighted by atomic mass is 9.99. The van der Waals surface area contributed by atoms with E-state index in [2.05, 4.69) is 71.2 Å². The van der Waals surface area contributed by atoms with Gasteiger partial charge in [-0.25, -0.2) is 4.98 Å². The summed E-state index contributed by atoms with van der Waals surface area (Å²) in [6.07, 6.45) is 2.47. The molecule has 3 rings (SSSR count). The van der Waals surface area contributed by atoms with Crippen LogP contribution in [0, 0.1) is 12.8 Å². The zero-order chi connectivity index (χ0) is 18.5. The summed E-state index contributed by atoms with van der Waals surface area (Å²) in [7, 11) is 0. The van der Waals surface area contributed by atoms with E-state index in [0.717, 1.165) is 49.3 Å². The average molecular weight is 354 g/mol. The Balaban J connectivity index is 1.73. The van der Waals surface area contributed by atoms with Crippen molar-refractivity contribution in [3.8, 4) is 0 Å². The minimum Gasteiger partial charge on any atom is -0.372 e. The van der Waals surface area contributed by atoms with Crippen molar-refractivity contribution in [2.75, 3.05) is 41.3 Å². The SMILES string of the molecule is CCN(CC)c1ccc(Nc2nc(C)cc(N3CCC(C)CC3)n2)cc1. The van der Waals surface area contributed by atoms with Crippen molar-refractivity contribution in [3.63, 3.8) is 0 Å². The molecule has 1 aliphatic rings. The Labute approximate surface area is 157 Å². The molecule has 0 radical (unpaired) electrons. The molecular formula is C21H31N5. The normalized spacial score (nSPS) is 15.2. The molecule has 0 unspecified atom stereocenters. The van der Waals surface area contributed by atoms with Gasteiger partial charge in [-0.05, 0) is 63.8 Å². The summed E-state index contributed by atoms with van der Waals surface area (Å²) in [5.74, 6) is 2.52. The number of nitrogens with one attached hydrogen (secondary N) is 1. The van der Waals surface area contributed by atoms with Crippen LogP contribution in [0.2, 0.25) is 0 Å². The van der Waals surface area contributed by atoms with Gasteiger partial charge in [-0.3, -0.25) is 0 Å². The first kappa shape index (κ1) is 18.5. The van der Waals surface area contributed by atoms with Crippen LogP contribution in [0.1, 0.15) is 39.3 Å². The fourth-order valence-corrected chi connectivity index (χ4v) is 3.48. The topological polar surface area (TPSA) is 44.3 Å². The van der Waals surface area contributed by atoms with Crippen molar-refractivity contribution in [3.05, 3.63) is 36.0 Å². The van der Waals surface area contributed by atoms with E-state index in [9.17, 15) is 0 Å². The molecule has 0 saturated carbocycles. The van der Waals surface area contributed by atoms with Crippen molar-refractivity contribution in [2.45, 2.75) is 40.5 Å². The first-order valence-electron chi connectivity index (χ1n) is 9.81. The van der Waals surface area contributed by atoms with Gasteiger partial charge in [0.1, 0.15) is 5.82 Å². The Kier molecular flexibility index (Phi) is 5.96. The average Bonchev–Trinajstić information content (AvgIpc) is 2.64. The van der Waals surface area contributed by atoms with E-state index in [1.54, 1.807) is 0 Å². The lowest BCUT2D eigenvalue weighted by Crippen LogP contribution is -2.33. The number of hydrogen-bond acceptors (Lipinski definition) is 5. The van der Waals surface area contributed by atoms with Crippen LogP contribution in [0.5, 0.6) is 0 Å². The number of piperidine rings is 1. The van der Waals surface area contributed by atoms with Gasteiger partial charge in [-0.15, -0.1) is 0 Å². The van der Waals surface area contributed by atoms with Crippen LogP contribution in [0.3, 0.4) is 0 Å². The standard InChI is InChI=1S/C21H31N5/c1-5-25(6-2)19-9-7-18(8-10-19)23-21-22-17(4)15-20(24-21)26-13-11-16(3)12-14-26/h7-10,15-16H,5-6,11-14H2,1-4H3,(H,22,23,24). The van der Waals surface area contributed by atoms with Crippen molar-refractivity contribution in [1.82, 2.24) is 9.97 Å². The molecule has 0 bridgehead atoms. The van der Waals surface area contributed by atoms with Gasteiger partial charge in [0.15, 0.2) is 0 Å². The van der Waals surface area contributed by atoms with Crippen molar-refractivity contribution in [1.29, 1.82) is 0 Å². The van der Waals surface area contributed by atoms with E-state index in [4.69, 9.17) is 4.98 Å². The summed E-state index contributed by atoms with van der Waals surface area (Å²) in [5.41, 5.74) is 3.26. The largest absolute Gasteiger partial charge is 0.372 e. The molecule has 26 heavy (non-hydrogen) atoms. The Bertz CT molecular complexity index is 701. The molecular weight excluding hydrogens is 322 g/mol. The van der Waals surface area contributed by atoms with E-state index in [1.807, 2.05) is 6.92 Å². The summed E-state index contributed by atoms with van der Waals surface area (Å²) < 4.78 is 0. The van der Waals surface area contributed by atoms with Gasteiger partial charge in [0.2, 0.25) is 5.95 Å². The van der Waals surface area contributed by atoms with Crippen LogP contribution in [0.25, 0.3) is 0 Å². The lowest BCUT2D eigenvalue weighted by molar-refractivity contribution is 0.436. The highest BCUT2D eigenvalue weighted by atomic mass is 15.2. The van der Waals surface area contributed by atoms with Gasteiger partial charge in [0.05, 0.1) is 0 Å². The van der Waals surface area contributed by atoms with Gasteiger partial charge < -0.3 is 15.1 Å². The molecule has 0 amide bonds. The van der Waals surface area contributed by atoms with Crippen LogP contribution >= 0.6 is 0 Å². The molecule has 5 heteroatoms. The van der Waals surface area contributed by atoms with E-state index < -0.39 is 0 Å². The summed E-state index contributed by atoms with van der Waals surface area (Å²) in [6.45, 7) is 12.9. The first-order chi connectivity index (χ1) is 12.6. The third kappa shape index (κ3) is 4.45. The Morgan fingerprint density at radius 1 is 1.08 bits per heavy atom. The highest BCUT2D eigenvalue weighted by molar-refractivity contribution is 5.60. The number of anilines is 4. The predicted octanol–water partition coefficient (Wildman–Crippen LogP) is 4.61.